The Hall–Kier alpha value is -1.82. The van der Waals surface area contributed by atoms with Gasteiger partial charge in [0.15, 0.2) is 0 Å². The molecule has 0 aliphatic rings. The Morgan fingerprint density at radius 1 is 1.09 bits per heavy atom. The van der Waals surface area contributed by atoms with Crippen molar-refractivity contribution in [3.63, 3.8) is 0 Å². The van der Waals surface area contributed by atoms with Crippen LogP contribution in [0.5, 0.6) is 0 Å². The van der Waals surface area contributed by atoms with Gasteiger partial charge in [0.25, 0.3) is 0 Å². The maximum atomic E-state index is 6.11. The minimum atomic E-state index is 0.652. The highest BCUT2D eigenvalue weighted by Crippen LogP contribution is 2.21. The van der Waals surface area contributed by atoms with Crippen molar-refractivity contribution in [3.8, 4) is 0 Å². The molecule has 0 bridgehead atoms. The van der Waals surface area contributed by atoms with Gasteiger partial charge in [0.05, 0.1) is 6.21 Å². The third-order valence-electron chi connectivity index (χ3n) is 3.01. The largest absolute Gasteiger partial charge is 0.212 e. The minimum Gasteiger partial charge on any atom is -0.195 e. The topological polar surface area (TPSA) is 43.1 Å². The van der Waals surface area contributed by atoms with E-state index in [2.05, 4.69) is 15.3 Å². The zero-order chi connectivity index (χ0) is 16.1. The predicted molar refractivity (Wildman–Crippen MR) is 95.5 cm³/mol. The molecule has 0 saturated heterocycles. The van der Waals surface area contributed by atoms with E-state index in [-0.39, 0.29) is 0 Å². The number of hydrogen-bond donors (Lipinski definition) is 0. The van der Waals surface area contributed by atoms with Crippen molar-refractivity contribution in [2.75, 3.05) is 0 Å². The molecule has 4 nitrogen and oxygen atoms in total. The van der Waals surface area contributed by atoms with Gasteiger partial charge in [-0.2, -0.15) is 9.78 Å². The van der Waals surface area contributed by atoms with Crippen molar-refractivity contribution < 1.29 is 0 Å². The first kappa shape index (κ1) is 16.1. The summed E-state index contributed by atoms with van der Waals surface area (Å²) in [5, 5.41) is 14.4. The third kappa shape index (κ3) is 4.34. The summed E-state index contributed by atoms with van der Waals surface area (Å²) >= 11 is 13.5. The monoisotopic (exact) mass is 362 g/mol. The molecular weight excluding hydrogens is 351 g/mol. The molecule has 0 aliphatic carbocycles. The molecule has 0 spiro atoms. The molecule has 0 radical (unpaired) electrons. The van der Waals surface area contributed by atoms with Crippen LogP contribution < -0.4 is 0 Å². The molecule has 0 fully saturated rings. The number of halogens is 2. The highest BCUT2D eigenvalue weighted by atomic mass is 35.5. The Morgan fingerprint density at radius 3 is 2.65 bits per heavy atom. The normalized spacial score (nSPS) is 11.2. The second-order valence-corrected chi connectivity index (χ2v) is 6.43. The lowest BCUT2D eigenvalue weighted by Crippen LogP contribution is -1.93. The Morgan fingerprint density at radius 2 is 1.87 bits per heavy atom. The molecule has 3 aromatic rings. The van der Waals surface area contributed by atoms with Crippen molar-refractivity contribution in [2.45, 2.75) is 10.9 Å². The van der Waals surface area contributed by atoms with Crippen LogP contribution in [-0.2, 0) is 5.75 Å². The molecule has 0 aliphatic heterocycles. The molecule has 0 unspecified atom stereocenters. The SMILES string of the molecule is Clc1ccc(CSc2nncn2/N=C\c2ccccc2Cl)cc1. The summed E-state index contributed by atoms with van der Waals surface area (Å²) in [5.74, 6) is 0.761. The van der Waals surface area contributed by atoms with E-state index >= 15 is 0 Å². The quantitative estimate of drug-likeness (QED) is 0.485. The molecule has 116 valence electrons. The Balaban J connectivity index is 1.70. The highest BCUT2D eigenvalue weighted by molar-refractivity contribution is 7.98. The van der Waals surface area contributed by atoms with Gasteiger partial charge >= 0.3 is 0 Å². The summed E-state index contributed by atoms with van der Waals surface area (Å²) in [4.78, 5) is 0. The first-order chi connectivity index (χ1) is 11.2. The van der Waals surface area contributed by atoms with Crippen molar-refractivity contribution >= 4 is 41.2 Å². The van der Waals surface area contributed by atoms with Crippen LogP contribution in [0.4, 0.5) is 0 Å². The Labute approximate surface area is 148 Å². The second-order valence-electron chi connectivity index (χ2n) is 4.64. The van der Waals surface area contributed by atoms with E-state index in [4.69, 9.17) is 23.2 Å². The van der Waals surface area contributed by atoms with Crippen molar-refractivity contribution in [1.29, 1.82) is 0 Å². The predicted octanol–water partition coefficient (Wildman–Crippen LogP) is 4.76. The van der Waals surface area contributed by atoms with E-state index in [0.717, 1.165) is 21.9 Å². The number of hydrogen-bond acceptors (Lipinski definition) is 4. The lowest BCUT2D eigenvalue weighted by Gasteiger charge is -2.02. The van der Waals surface area contributed by atoms with Crippen LogP contribution in [0.25, 0.3) is 0 Å². The molecule has 1 aromatic heterocycles. The van der Waals surface area contributed by atoms with Crippen LogP contribution in [-0.4, -0.2) is 21.1 Å². The summed E-state index contributed by atoms with van der Waals surface area (Å²) in [7, 11) is 0. The Kier molecular flexibility index (Phi) is 5.33. The van der Waals surface area contributed by atoms with E-state index in [1.54, 1.807) is 29.0 Å². The lowest BCUT2D eigenvalue weighted by molar-refractivity contribution is 0.767. The average Bonchev–Trinajstić information content (AvgIpc) is 3.01. The van der Waals surface area contributed by atoms with Crippen molar-refractivity contribution in [1.82, 2.24) is 14.9 Å². The number of benzene rings is 2. The average molecular weight is 363 g/mol. The van der Waals surface area contributed by atoms with Gasteiger partial charge in [0.2, 0.25) is 5.16 Å². The zero-order valence-electron chi connectivity index (χ0n) is 11.9. The van der Waals surface area contributed by atoms with Gasteiger partial charge in [-0.15, -0.1) is 10.2 Å². The van der Waals surface area contributed by atoms with Crippen LogP contribution >= 0.6 is 35.0 Å². The molecule has 0 amide bonds. The van der Waals surface area contributed by atoms with Crippen LogP contribution in [0.2, 0.25) is 10.0 Å². The number of nitrogens with zero attached hydrogens (tertiary/aromatic N) is 4. The van der Waals surface area contributed by atoms with Gasteiger partial charge in [0, 0.05) is 21.4 Å². The van der Waals surface area contributed by atoms with Crippen LogP contribution in [0.1, 0.15) is 11.1 Å². The summed E-state index contributed by atoms with van der Waals surface area (Å²) in [6.45, 7) is 0. The number of rotatable bonds is 5. The summed E-state index contributed by atoms with van der Waals surface area (Å²) in [5.41, 5.74) is 2.00. The van der Waals surface area contributed by atoms with Crippen molar-refractivity contribution in [2.24, 2.45) is 5.10 Å². The zero-order valence-corrected chi connectivity index (χ0v) is 14.3. The standard InChI is InChI=1S/C16H12Cl2N4S/c17-14-7-5-12(6-8-14)10-23-16-21-19-11-22(16)20-9-13-3-1-2-4-15(13)18/h1-9,11H,10H2/b20-9-. The summed E-state index contributed by atoms with van der Waals surface area (Å²) < 4.78 is 1.63. The molecule has 0 N–H and O–H groups in total. The van der Waals surface area contributed by atoms with E-state index in [1.165, 1.54) is 0 Å². The number of thioether (sulfide) groups is 1. The van der Waals surface area contributed by atoms with Gasteiger partial charge in [-0.3, -0.25) is 0 Å². The van der Waals surface area contributed by atoms with E-state index in [9.17, 15) is 0 Å². The number of aromatic nitrogens is 3. The first-order valence-corrected chi connectivity index (χ1v) is 8.53. The van der Waals surface area contributed by atoms with Gasteiger partial charge in [-0.25, -0.2) is 0 Å². The summed E-state index contributed by atoms with van der Waals surface area (Å²) in [6.07, 6.45) is 3.26. The molecule has 2 aromatic carbocycles. The maximum Gasteiger partial charge on any atom is 0.212 e. The lowest BCUT2D eigenvalue weighted by atomic mass is 10.2. The molecule has 0 saturated carbocycles. The van der Waals surface area contributed by atoms with E-state index in [0.29, 0.717) is 10.2 Å². The van der Waals surface area contributed by atoms with Gasteiger partial charge in [0.1, 0.15) is 6.33 Å². The van der Waals surface area contributed by atoms with E-state index in [1.807, 2.05) is 48.5 Å². The Bertz CT molecular complexity index is 815. The molecule has 3 rings (SSSR count). The molecular formula is C16H12Cl2N4S. The summed E-state index contributed by atoms with van der Waals surface area (Å²) in [6, 6.07) is 15.2. The fraction of sp³-hybridized carbons (Fsp3) is 0.0625. The van der Waals surface area contributed by atoms with Gasteiger partial charge in [-0.1, -0.05) is 65.3 Å². The molecule has 7 heteroatoms. The van der Waals surface area contributed by atoms with Crippen LogP contribution in [0.15, 0.2) is 65.1 Å². The van der Waals surface area contributed by atoms with Crippen LogP contribution in [0, 0.1) is 0 Å². The van der Waals surface area contributed by atoms with Crippen LogP contribution in [0.3, 0.4) is 0 Å². The smallest absolute Gasteiger partial charge is 0.195 e. The van der Waals surface area contributed by atoms with E-state index < -0.39 is 0 Å². The van der Waals surface area contributed by atoms with Gasteiger partial charge in [-0.05, 0) is 23.8 Å². The highest BCUT2D eigenvalue weighted by Gasteiger charge is 2.05. The third-order valence-corrected chi connectivity index (χ3v) is 4.61. The van der Waals surface area contributed by atoms with Crippen molar-refractivity contribution in [3.05, 3.63) is 76.0 Å². The maximum absolute atomic E-state index is 6.11. The fourth-order valence-electron chi connectivity index (χ4n) is 1.83. The second kappa shape index (κ2) is 7.64. The minimum absolute atomic E-state index is 0.652. The molecule has 0 atom stereocenters. The first-order valence-electron chi connectivity index (χ1n) is 6.78. The fourth-order valence-corrected chi connectivity index (χ4v) is 2.96. The molecule has 23 heavy (non-hydrogen) atoms. The molecule has 1 heterocycles. The van der Waals surface area contributed by atoms with Gasteiger partial charge < -0.3 is 0 Å².